The lowest BCUT2D eigenvalue weighted by atomic mass is 10.1. The van der Waals surface area contributed by atoms with E-state index in [1.165, 1.54) is 0 Å². The van der Waals surface area contributed by atoms with E-state index in [0.717, 1.165) is 16.7 Å². The van der Waals surface area contributed by atoms with Gasteiger partial charge in [-0.1, -0.05) is 19.9 Å². The normalized spacial score (nSPS) is 14.9. The Hall–Kier alpha value is -2.03. The number of anilines is 1. The van der Waals surface area contributed by atoms with Gasteiger partial charge in [-0.05, 0) is 30.5 Å². The number of carbonyl (C=O) groups excluding carboxylic acids is 2. The molecule has 1 aromatic carbocycles. The second-order valence-electron chi connectivity index (χ2n) is 7.32. The molecule has 2 aromatic rings. The average Bonchev–Trinajstić information content (AvgIpc) is 3.08. The summed E-state index contributed by atoms with van der Waals surface area (Å²) in [4.78, 5) is 32.5. The van der Waals surface area contributed by atoms with Crippen molar-refractivity contribution in [2.45, 2.75) is 26.8 Å². The molecule has 10 heteroatoms. The van der Waals surface area contributed by atoms with E-state index < -0.39 is 6.04 Å². The van der Waals surface area contributed by atoms with Gasteiger partial charge in [0, 0.05) is 26.2 Å². The number of aryl methyl sites for hydroxylation is 1. The lowest BCUT2D eigenvalue weighted by Gasteiger charge is -2.34. The third kappa shape index (κ3) is 5.98. The molecule has 0 unspecified atom stereocenters. The molecule has 0 saturated carbocycles. The third-order valence-electron chi connectivity index (χ3n) is 4.87. The molecule has 1 saturated heterocycles. The van der Waals surface area contributed by atoms with Crippen LogP contribution in [-0.4, -0.2) is 60.5 Å². The SMILES string of the molecule is Cc1ccc2oc(N3CCN(C(=O)CNC(=O)[C@@H](N)C(C)C)CC3)nc2c1.Cl.Cl. The Bertz CT molecular complexity index is 834. The van der Waals surface area contributed by atoms with Crippen LogP contribution in [-0.2, 0) is 9.59 Å². The molecule has 2 amide bonds. The number of nitrogens with two attached hydrogens (primary N) is 1. The molecule has 1 aromatic heterocycles. The van der Waals surface area contributed by atoms with Gasteiger partial charge >= 0.3 is 0 Å². The van der Waals surface area contributed by atoms with Gasteiger partial charge in [-0.2, -0.15) is 4.98 Å². The number of nitrogens with one attached hydrogen (secondary N) is 1. The first-order valence-electron chi connectivity index (χ1n) is 9.28. The van der Waals surface area contributed by atoms with E-state index in [2.05, 4.69) is 10.3 Å². The number of hydrogen-bond acceptors (Lipinski definition) is 6. The summed E-state index contributed by atoms with van der Waals surface area (Å²) in [5.74, 6) is -0.366. The van der Waals surface area contributed by atoms with Gasteiger partial charge in [0.15, 0.2) is 5.58 Å². The molecular weight excluding hydrogens is 417 g/mol. The Morgan fingerprint density at radius 2 is 1.86 bits per heavy atom. The number of amides is 2. The summed E-state index contributed by atoms with van der Waals surface area (Å²) in [7, 11) is 0. The van der Waals surface area contributed by atoms with E-state index in [4.69, 9.17) is 10.2 Å². The predicted molar refractivity (Wildman–Crippen MR) is 118 cm³/mol. The molecule has 3 rings (SSSR count). The number of oxazole rings is 1. The summed E-state index contributed by atoms with van der Waals surface area (Å²) >= 11 is 0. The van der Waals surface area contributed by atoms with Crippen LogP contribution < -0.4 is 16.0 Å². The fraction of sp³-hybridized carbons (Fsp3) is 0.526. The molecule has 29 heavy (non-hydrogen) atoms. The first-order valence-corrected chi connectivity index (χ1v) is 9.28. The molecule has 8 nitrogen and oxygen atoms in total. The highest BCUT2D eigenvalue weighted by atomic mass is 35.5. The van der Waals surface area contributed by atoms with Crippen LogP contribution in [0.4, 0.5) is 6.01 Å². The number of nitrogens with zero attached hydrogens (tertiary/aromatic N) is 3. The summed E-state index contributed by atoms with van der Waals surface area (Å²) in [6.45, 7) is 8.13. The average molecular weight is 446 g/mol. The van der Waals surface area contributed by atoms with Crippen molar-refractivity contribution in [1.82, 2.24) is 15.2 Å². The molecule has 1 aliphatic rings. The molecule has 0 bridgehead atoms. The van der Waals surface area contributed by atoms with E-state index in [1.54, 1.807) is 4.90 Å². The van der Waals surface area contributed by atoms with Gasteiger partial charge in [0.1, 0.15) is 5.52 Å². The van der Waals surface area contributed by atoms with Crippen molar-refractivity contribution in [3.05, 3.63) is 23.8 Å². The van der Waals surface area contributed by atoms with Crippen molar-refractivity contribution in [2.24, 2.45) is 11.7 Å². The maximum atomic E-state index is 12.3. The second kappa shape index (κ2) is 10.7. The minimum atomic E-state index is -0.600. The van der Waals surface area contributed by atoms with Crippen LogP contribution in [0.5, 0.6) is 0 Å². The zero-order valence-electron chi connectivity index (χ0n) is 16.9. The number of piperazine rings is 1. The third-order valence-corrected chi connectivity index (χ3v) is 4.87. The fourth-order valence-corrected chi connectivity index (χ4v) is 3.00. The molecule has 0 radical (unpaired) electrons. The largest absolute Gasteiger partial charge is 0.423 e. The van der Waals surface area contributed by atoms with E-state index in [-0.39, 0.29) is 49.1 Å². The summed E-state index contributed by atoms with van der Waals surface area (Å²) < 4.78 is 5.83. The Balaban J connectivity index is 0.00000210. The van der Waals surface area contributed by atoms with Gasteiger partial charge in [0.25, 0.3) is 6.01 Å². The Morgan fingerprint density at radius 3 is 2.48 bits per heavy atom. The minimum Gasteiger partial charge on any atom is -0.423 e. The van der Waals surface area contributed by atoms with Crippen molar-refractivity contribution in [1.29, 1.82) is 0 Å². The summed E-state index contributed by atoms with van der Waals surface area (Å²) in [6, 6.07) is 5.89. The van der Waals surface area contributed by atoms with Crippen molar-refractivity contribution < 1.29 is 14.0 Å². The van der Waals surface area contributed by atoms with Crippen LogP contribution in [0.15, 0.2) is 22.6 Å². The number of benzene rings is 1. The highest BCUT2D eigenvalue weighted by molar-refractivity contribution is 5.87. The first kappa shape index (κ1) is 25.0. The second-order valence-corrected chi connectivity index (χ2v) is 7.32. The van der Waals surface area contributed by atoms with Crippen molar-refractivity contribution in [2.75, 3.05) is 37.6 Å². The molecule has 1 aliphatic heterocycles. The number of halogens is 2. The highest BCUT2D eigenvalue weighted by Crippen LogP contribution is 2.23. The van der Waals surface area contributed by atoms with Crippen LogP contribution in [0.1, 0.15) is 19.4 Å². The van der Waals surface area contributed by atoms with E-state index in [0.29, 0.717) is 32.2 Å². The molecular formula is C19H29Cl2N5O3. The van der Waals surface area contributed by atoms with E-state index in [9.17, 15) is 9.59 Å². The quantitative estimate of drug-likeness (QED) is 0.725. The molecule has 0 spiro atoms. The summed E-state index contributed by atoms with van der Waals surface area (Å²) in [6.07, 6.45) is 0. The smallest absolute Gasteiger partial charge is 0.298 e. The molecule has 162 valence electrons. The number of aromatic nitrogens is 1. The van der Waals surface area contributed by atoms with Crippen LogP contribution in [0.25, 0.3) is 11.1 Å². The van der Waals surface area contributed by atoms with Crippen LogP contribution in [0.3, 0.4) is 0 Å². The van der Waals surface area contributed by atoms with Crippen molar-refractivity contribution in [3.8, 4) is 0 Å². The lowest BCUT2D eigenvalue weighted by Crippen LogP contribution is -2.53. The Kier molecular flexibility index (Phi) is 9.19. The molecule has 1 atom stereocenters. The zero-order chi connectivity index (χ0) is 19.6. The molecule has 1 fully saturated rings. The number of carbonyl (C=O) groups is 2. The first-order chi connectivity index (χ1) is 12.8. The van der Waals surface area contributed by atoms with Crippen LogP contribution in [0, 0.1) is 12.8 Å². The van der Waals surface area contributed by atoms with Crippen molar-refractivity contribution in [3.63, 3.8) is 0 Å². The van der Waals surface area contributed by atoms with E-state index in [1.807, 2.05) is 43.9 Å². The number of fused-ring (bicyclic) bond motifs is 1. The van der Waals surface area contributed by atoms with Gasteiger partial charge in [0.2, 0.25) is 11.8 Å². The lowest BCUT2D eigenvalue weighted by molar-refractivity contribution is -0.133. The molecule has 0 aliphatic carbocycles. The van der Waals surface area contributed by atoms with Crippen LogP contribution in [0.2, 0.25) is 0 Å². The van der Waals surface area contributed by atoms with Gasteiger partial charge in [-0.25, -0.2) is 0 Å². The topological polar surface area (TPSA) is 105 Å². The van der Waals surface area contributed by atoms with Crippen molar-refractivity contribution >= 4 is 53.7 Å². The van der Waals surface area contributed by atoms with Gasteiger partial charge in [0.05, 0.1) is 12.6 Å². The summed E-state index contributed by atoms with van der Waals surface area (Å²) in [5, 5.41) is 2.63. The van der Waals surface area contributed by atoms with Gasteiger partial charge in [-0.3, -0.25) is 9.59 Å². The molecule has 2 heterocycles. The monoisotopic (exact) mass is 445 g/mol. The van der Waals surface area contributed by atoms with Crippen LogP contribution >= 0.6 is 24.8 Å². The Morgan fingerprint density at radius 1 is 1.21 bits per heavy atom. The number of rotatable bonds is 5. The minimum absolute atomic E-state index is 0. The van der Waals surface area contributed by atoms with Gasteiger partial charge in [-0.15, -0.1) is 24.8 Å². The predicted octanol–water partition coefficient (Wildman–Crippen LogP) is 1.73. The Labute approximate surface area is 183 Å². The standard InChI is InChI=1S/C19H27N5O3.2ClH/c1-12(2)17(20)18(26)21-11-16(25)23-6-8-24(9-7-23)19-22-14-10-13(3)4-5-15(14)27-19;;/h4-5,10,12,17H,6-9,11,20H2,1-3H3,(H,21,26);2*1H/t17-;;/m0../s1. The number of hydrogen-bond donors (Lipinski definition) is 2. The van der Waals surface area contributed by atoms with Gasteiger partial charge < -0.3 is 25.3 Å². The highest BCUT2D eigenvalue weighted by Gasteiger charge is 2.25. The maximum Gasteiger partial charge on any atom is 0.298 e. The maximum absolute atomic E-state index is 12.3. The molecule has 3 N–H and O–H groups in total. The fourth-order valence-electron chi connectivity index (χ4n) is 3.00. The summed E-state index contributed by atoms with van der Waals surface area (Å²) in [5.41, 5.74) is 8.53. The van der Waals surface area contributed by atoms with E-state index >= 15 is 0 Å². The zero-order valence-corrected chi connectivity index (χ0v) is 18.5.